The van der Waals surface area contributed by atoms with Crippen LogP contribution < -0.4 is 0 Å². The molecule has 0 saturated carbocycles. The molecule has 0 amide bonds. The number of likely N-dealkylation sites (tertiary alicyclic amines) is 2. The molecule has 2 aliphatic heterocycles. The van der Waals surface area contributed by atoms with Crippen molar-refractivity contribution in [2.75, 3.05) is 26.7 Å². The first kappa shape index (κ1) is 14.1. The van der Waals surface area contributed by atoms with Gasteiger partial charge in [-0.25, -0.2) is 0 Å². The molecule has 3 rings (SSSR count). The molecular formula is C18H28N2. The molecule has 2 fully saturated rings. The summed E-state index contributed by atoms with van der Waals surface area (Å²) in [6, 6.07) is 11.8. The summed E-state index contributed by atoms with van der Waals surface area (Å²) in [7, 11) is 2.28. The molecule has 110 valence electrons. The summed E-state index contributed by atoms with van der Waals surface area (Å²) in [4.78, 5) is 5.29. The molecule has 0 spiro atoms. The van der Waals surface area contributed by atoms with Gasteiger partial charge in [0.15, 0.2) is 0 Å². The number of hydrogen-bond donors (Lipinski definition) is 0. The zero-order valence-corrected chi connectivity index (χ0v) is 13.1. The van der Waals surface area contributed by atoms with Crippen LogP contribution >= 0.6 is 0 Å². The van der Waals surface area contributed by atoms with E-state index in [1.807, 2.05) is 0 Å². The molecule has 0 N–H and O–H groups in total. The maximum absolute atomic E-state index is 2.76. The number of nitrogens with zero attached hydrogens (tertiary/aromatic N) is 2. The van der Waals surface area contributed by atoms with E-state index in [9.17, 15) is 0 Å². The minimum atomic E-state index is 0.783. The summed E-state index contributed by atoms with van der Waals surface area (Å²) in [5.41, 5.74) is 1.47. The van der Waals surface area contributed by atoms with Gasteiger partial charge in [-0.05, 0) is 36.8 Å². The lowest BCUT2D eigenvalue weighted by atomic mass is 9.89. The fourth-order valence-corrected chi connectivity index (χ4v) is 4.26. The molecule has 1 aromatic carbocycles. The lowest BCUT2D eigenvalue weighted by molar-refractivity contribution is 0.174. The Morgan fingerprint density at radius 1 is 1.10 bits per heavy atom. The molecule has 2 heteroatoms. The smallest absolute Gasteiger partial charge is 0.0236 e. The second-order valence-electron chi connectivity index (χ2n) is 7.26. The second kappa shape index (κ2) is 5.87. The minimum Gasteiger partial charge on any atom is -0.306 e. The summed E-state index contributed by atoms with van der Waals surface area (Å²) in [5.74, 6) is 2.58. The van der Waals surface area contributed by atoms with Gasteiger partial charge < -0.3 is 4.90 Å². The highest BCUT2D eigenvalue weighted by Gasteiger charge is 2.45. The topological polar surface area (TPSA) is 6.48 Å². The highest BCUT2D eigenvalue weighted by Crippen LogP contribution is 2.39. The molecule has 2 nitrogen and oxygen atoms in total. The van der Waals surface area contributed by atoms with Crippen LogP contribution in [0.3, 0.4) is 0 Å². The molecule has 0 unspecified atom stereocenters. The molecule has 0 radical (unpaired) electrons. The lowest BCUT2D eigenvalue weighted by Gasteiger charge is -2.30. The molecule has 2 saturated heterocycles. The third kappa shape index (κ3) is 2.91. The van der Waals surface area contributed by atoms with Crippen molar-refractivity contribution in [2.45, 2.75) is 32.9 Å². The van der Waals surface area contributed by atoms with E-state index < -0.39 is 0 Å². The van der Waals surface area contributed by atoms with Crippen molar-refractivity contribution < 1.29 is 0 Å². The zero-order valence-electron chi connectivity index (χ0n) is 13.1. The van der Waals surface area contributed by atoms with E-state index in [1.54, 1.807) is 0 Å². The summed E-state index contributed by atoms with van der Waals surface area (Å²) >= 11 is 0. The predicted octanol–water partition coefficient (Wildman–Crippen LogP) is 3.09. The van der Waals surface area contributed by atoms with Crippen molar-refractivity contribution in [1.82, 2.24) is 9.80 Å². The summed E-state index contributed by atoms with van der Waals surface area (Å²) in [5, 5.41) is 0. The number of benzene rings is 1. The van der Waals surface area contributed by atoms with Gasteiger partial charge in [0.2, 0.25) is 0 Å². The van der Waals surface area contributed by atoms with Gasteiger partial charge in [0.25, 0.3) is 0 Å². The van der Waals surface area contributed by atoms with Gasteiger partial charge in [-0.3, -0.25) is 4.90 Å². The lowest BCUT2D eigenvalue weighted by Crippen LogP contribution is -2.36. The summed E-state index contributed by atoms with van der Waals surface area (Å²) in [6.45, 7) is 9.76. The highest BCUT2D eigenvalue weighted by atomic mass is 15.2. The first-order valence-corrected chi connectivity index (χ1v) is 8.10. The van der Waals surface area contributed by atoms with Crippen molar-refractivity contribution in [3.63, 3.8) is 0 Å². The molecule has 0 aromatic heterocycles. The van der Waals surface area contributed by atoms with Crippen LogP contribution in [-0.2, 0) is 6.54 Å². The fourth-order valence-electron chi connectivity index (χ4n) is 4.26. The Labute approximate surface area is 123 Å². The fraction of sp³-hybridized carbons (Fsp3) is 0.667. The van der Waals surface area contributed by atoms with E-state index in [2.05, 4.69) is 61.0 Å². The second-order valence-corrected chi connectivity index (χ2v) is 7.26. The largest absolute Gasteiger partial charge is 0.306 e. The predicted molar refractivity (Wildman–Crippen MR) is 84.6 cm³/mol. The number of hydrogen-bond acceptors (Lipinski definition) is 2. The molecular weight excluding hydrogens is 244 g/mol. The van der Waals surface area contributed by atoms with Gasteiger partial charge in [0, 0.05) is 32.2 Å². The standard InChI is InChI=1S/C18H28N2/c1-14(2)9-18-17-13-19(3)11-16(17)12-20(18)10-15-7-5-4-6-8-15/h4-8,14,16-18H,9-13H2,1-3H3/t16-,17-,18+/m0/s1. The van der Waals surface area contributed by atoms with Crippen molar-refractivity contribution in [3.05, 3.63) is 35.9 Å². The SMILES string of the molecule is CC(C)C[C@@H]1[C@H]2CN(C)C[C@H]2CN1Cc1ccccc1. The Morgan fingerprint density at radius 3 is 2.55 bits per heavy atom. The quantitative estimate of drug-likeness (QED) is 0.831. The van der Waals surface area contributed by atoms with Gasteiger partial charge in [-0.15, -0.1) is 0 Å². The van der Waals surface area contributed by atoms with Crippen LogP contribution in [0.4, 0.5) is 0 Å². The first-order chi connectivity index (χ1) is 9.63. The third-order valence-corrected chi connectivity index (χ3v) is 5.05. The molecule has 0 aliphatic carbocycles. The highest BCUT2D eigenvalue weighted by molar-refractivity contribution is 5.15. The molecule has 20 heavy (non-hydrogen) atoms. The maximum atomic E-state index is 2.76. The van der Waals surface area contributed by atoms with Gasteiger partial charge in [0.05, 0.1) is 0 Å². The van der Waals surface area contributed by atoms with Crippen molar-refractivity contribution in [2.24, 2.45) is 17.8 Å². The van der Waals surface area contributed by atoms with E-state index in [0.717, 1.165) is 30.3 Å². The van der Waals surface area contributed by atoms with E-state index in [-0.39, 0.29) is 0 Å². The van der Waals surface area contributed by atoms with Crippen LogP contribution in [0, 0.1) is 17.8 Å². The molecule has 2 heterocycles. The zero-order chi connectivity index (χ0) is 14.1. The molecule has 0 bridgehead atoms. The molecule has 1 aromatic rings. The Morgan fingerprint density at radius 2 is 1.85 bits per heavy atom. The summed E-state index contributed by atoms with van der Waals surface area (Å²) in [6.07, 6.45) is 1.35. The number of rotatable bonds is 4. The third-order valence-electron chi connectivity index (χ3n) is 5.05. The average Bonchev–Trinajstić information content (AvgIpc) is 2.89. The molecule has 2 aliphatic rings. The van der Waals surface area contributed by atoms with E-state index in [0.29, 0.717) is 0 Å². The van der Waals surface area contributed by atoms with Crippen LogP contribution in [0.25, 0.3) is 0 Å². The van der Waals surface area contributed by atoms with Gasteiger partial charge >= 0.3 is 0 Å². The minimum absolute atomic E-state index is 0.783. The van der Waals surface area contributed by atoms with E-state index in [4.69, 9.17) is 0 Å². The Balaban J connectivity index is 1.73. The van der Waals surface area contributed by atoms with Crippen LogP contribution in [0.2, 0.25) is 0 Å². The van der Waals surface area contributed by atoms with E-state index in [1.165, 1.54) is 31.6 Å². The first-order valence-electron chi connectivity index (χ1n) is 8.10. The maximum Gasteiger partial charge on any atom is 0.0236 e. The van der Waals surface area contributed by atoms with Crippen LogP contribution in [0.1, 0.15) is 25.8 Å². The average molecular weight is 272 g/mol. The van der Waals surface area contributed by atoms with Crippen LogP contribution in [0.5, 0.6) is 0 Å². The normalized spacial score (nSPS) is 31.1. The van der Waals surface area contributed by atoms with Gasteiger partial charge in [-0.1, -0.05) is 44.2 Å². The van der Waals surface area contributed by atoms with Crippen molar-refractivity contribution in [1.29, 1.82) is 0 Å². The monoisotopic (exact) mass is 272 g/mol. The van der Waals surface area contributed by atoms with Crippen LogP contribution in [0.15, 0.2) is 30.3 Å². The Bertz CT molecular complexity index is 428. The van der Waals surface area contributed by atoms with Gasteiger partial charge in [0.1, 0.15) is 0 Å². The summed E-state index contributed by atoms with van der Waals surface area (Å²) < 4.78 is 0. The van der Waals surface area contributed by atoms with Crippen LogP contribution in [-0.4, -0.2) is 42.5 Å². The van der Waals surface area contributed by atoms with Crippen molar-refractivity contribution in [3.8, 4) is 0 Å². The van der Waals surface area contributed by atoms with E-state index >= 15 is 0 Å². The molecule has 3 atom stereocenters. The number of fused-ring (bicyclic) bond motifs is 1. The van der Waals surface area contributed by atoms with Crippen molar-refractivity contribution >= 4 is 0 Å². The van der Waals surface area contributed by atoms with Gasteiger partial charge in [-0.2, -0.15) is 0 Å². The Hall–Kier alpha value is -0.860. The Kier molecular flexibility index (Phi) is 4.13.